The van der Waals surface area contributed by atoms with E-state index in [0.29, 0.717) is 38.4 Å². The Balaban J connectivity index is 1.52. The minimum atomic E-state index is -5.04. The molecule has 170 valence electrons. The van der Waals surface area contributed by atoms with E-state index >= 15 is 0 Å². The van der Waals surface area contributed by atoms with E-state index in [2.05, 4.69) is 4.98 Å². The van der Waals surface area contributed by atoms with Crippen molar-refractivity contribution in [2.45, 2.75) is 56.8 Å². The lowest BCUT2D eigenvalue weighted by atomic mass is 9.97. The Bertz CT molecular complexity index is 1010. The molecule has 1 aliphatic carbocycles. The highest BCUT2D eigenvalue weighted by molar-refractivity contribution is 5.87. The van der Waals surface area contributed by atoms with E-state index in [1.165, 1.54) is 4.90 Å². The summed E-state index contributed by atoms with van der Waals surface area (Å²) in [6.45, 7) is 0.751. The maximum absolute atomic E-state index is 13.5. The largest absolute Gasteiger partial charge is 0.433 e. The van der Waals surface area contributed by atoms with Gasteiger partial charge < -0.3 is 9.80 Å². The fourth-order valence-corrected chi connectivity index (χ4v) is 5.27. The van der Waals surface area contributed by atoms with Crippen molar-refractivity contribution in [3.8, 4) is 0 Å². The molecule has 2 bridgehead atoms. The molecule has 4 nitrogen and oxygen atoms in total. The monoisotopic (exact) mass is 455 g/mol. The van der Waals surface area contributed by atoms with Crippen molar-refractivity contribution >= 4 is 11.7 Å². The van der Waals surface area contributed by atoms with Gasteiger partial charge in [-0.3, -0.25) is 4.79 Å². The molecule has 2 fully saturated rings. The predicted octanol–water partition coefficient (Wildman–Crippen LogP) is 5.02. The average Bonchev–Trinajstić information content (AvgIpc) is 3.45. The maximum Gasteiger partial charge on any atom is 0.433 e. The molecule has 3 aliphatic rings. The van der Waals surface area contributed by atoms with Crippen LogP contribution in [0.25, 0.3) is 0 Å². The Kier molecular flexibility index (Phi) is 4.69. The molecule has 3 atom stereocenters. The number of piperidine rings is 1. The van der Waals surface area contributed by atoms with Crippen LogP contribution < -0.4 is 4.90 Å². The third-order valence-corrected chi connectivity index (χ3v) is 6.68. The Morgan fingerprint density at radius 3 is 2.19 bits per heavy atom. The topological polar surface area (TPSA) is 36.4 Å². The summed E-state index contributed by atoms with van der Waals surface area (Å²) in [5, 5.41) is 0. The molecular formula is C22H19F6N3O. The van der Waals surface area contributed by atoms with E-state index in [4.69, 9.17) is 0 Å². The first-order valence-corrected chi connectivity index (χ1v) is 10.3. The Hall–Kier alpha value is -2.78. The van der Waals surface area contributed by atoms with Gasteiger partial charge in [-0.2, -0.15) is 26.3 Å². The molecule has 10 heteroatoms. The summed E-state index contributed by atoms with van der Waals surface area (Å²) >= 11 is 0. The van der Waals surface area contributed by atoms with Gasteiger partial charge in [-0.25, -0.2) is 4.98 Å². The van der Waals surface area contributed by atoms with Gasteiger partial charge in [-0.05, 0) is 48.4 Å². The number of halogens is 6. The molecule has 0 radical (unpaired) electrons. The number of pyridine rings is 1. The fourth-order valence-electron chi connectivity index (χ4n) is 5.27. The smallest absolute Gasteiger partial charge is 0.341 e. The van der Waals surface area contributed by atoms with E-state index in [9.17, 15) is 31.1 Å². The van der Waals surface area contributed by atoms with Crippen LogP contribution in [0.15, 0.2) is 36.4 Å². The number of aromatic nitrogens is 1. The zero-order valence-electron chi connectivity index (χ0n) is 16.7. The second-order valence-electron chi connectivity index (χ2n) is 8.64. The second kappa shape index (κ2) is 7.11. The third kappa shape index (κ3) is 3.49. The van der Waals surface area contributed by atoms with Crippen LogP contribution >= 0.6 is 0 Å². The van der Waals surface area contributed by atoms with Crippen LogP contribution in [0.5, 0.6) is 0 Å². The lowest BCUT2D eigenvalue weighted by molar-refractivity contribution is -0.145. The van der Waals surface area contributed by atoms with Gasteiger partial charge >= 0.3 is 12.4 Å². The molecule has 2 aromatic rings. The minimum absolute atomic E-state index is 0.0196. The molecule has 0 unspecified atom stereocenters. The van der Waals surface area contributed by atoms with E-state index in [-0.39, 0.29) is 23.9 Å². The summed E-state index contributed by atoms with van der Waals surface area (Å²) in [4.78, 5) is 20.0. The van der Waals surface area contributed by atoms with Crippen molar-refractivity contribution in [3.05, 3.63) is 58.8 Å². The molecule has 1 amide bonds. The molecule has 0 N–H and O–H groups in total. The molecule has 1 aromatic carbocycles. The van der Waals surface area contributed by atoms with E-state index in [1.807, 2.05) is 24.3 Å². The van der Waals surface area contributed by atoms with Crippen LogP contribution in [-0.4, -0.2) is 27.9 Å². The van der Waals surface area contributed by atoms with Crippen molar-refractivity contribution in [2.24, 2.45) is 5.92 Å². The number of carbonyl (C=O) groups excluding carboxylic acids is 1. The van der Waals surface area contributed by atoms with Crippen LogP contribution in [0.1, 0.15) is 41.6 Å². The van der Waals surface area contributed by atoms with E-state index in [0.717, 1.165) is 11.1 Å². The number of carbonyl (C=O) groups is 1. The number of amides is 1. The predicted molar refractivity (Wildman–Crippen MR) is 102 cm³/mol. The molecule has 5 rings (SSSR count). The van der Waals surface area contributed by atoms with Crippen LogP contribution in [0.3, 0.4) is 0 Å². The normalized spacial score (nSPS) is 24.9. The number of hydrogen-bond acceptors (Lipinski definition) is 3. The molecule has 3 heterocycles. The number of anilines is 1. The highest BCUT2D eigenvalue weighted by Gasteiger charge is 2.52. The van der Waals surface area contributed by atoms with E-state index < -0.39 is 35.5 Å². The van der Waals surface area contributed by atoms with Crippen molar-refractivity contribution < 1.29 is 31.1 Å². The number of alkyl halides is 6. The van der Waals surface area contributed by atoms with Gasteiger partial charge in [0.2, 0.25) is 5.91 Å². The summed E-state index contributed by atoms with van der Waals surface area (Å²) in [7, 11) is 0. The third-order valence-electron chi connectivity index (χ3n) is 6.68. The summed E-state index contributed by atoms with van der Waals surface area (Å²) < 4.78 is 80.1. The highest BCUT2D eigenvalue weighted by Crippen LogP contribution is 2.47. The SMILES string of the molecule is O=C([C@@H]1[C@H]2CC[C@H](C2)N1c1cc(C(F)(F)F)cc(C(F)(F)F)n1)N1Cc2ccccc2C1. The number of rotatable bonds is 2. The van der Waals surface area contributed by atoms with Gasteiger partial charge in [-0.15, -0.1) is 0 Å². The lowest BCUT2D eigenvalue weighted by Crippen LogP contribution is -2.51. The molecule has 32 heavy (non-hydrogen) atoms. The van der Waals surface area contributed by atoms with Crippen molar-refractivity contribution in [3.63, 3.8) is 0 Å². The second-order valence-corrected chi connectivity index (χ2v) is 8.64. The average molecular weight is 455 g/mol. The van der Waals surface area contributed by atoms with Gasteiger partial charge in [0.15, 0.2) is 0 Å². The number of nitrogens with zero attached hydrogens (tertiary/aromatic N) is 3. The summed E-state index contributed by atoms with van der Waals surface area (Å²) in [5.41, 5.74) is -1.04. The van der Waals surface area contributed by atoms with Gasteiger partial charge in [0, 0.05) is 19.1 Å². The first-order valence-electron chi connectivity index (χ1n) is 10.3. The van der Waals surface area contributed by atoms with Crippen molar-refractivity contribution in [1.29, 1.82) is 0 Å². The zero-order chi connectivity index (χ0) is 22.8. The molecule has 1 saturated carbocycles. The van der Waals surface area contributed by atoms with Crippen LogP contribution in [0, 0.1) is 5.92 Å². The number of hydrogen-bond donors (Lipinski definition) is 0. The maximum atomic E-state index is 13.5. The fraction of sp³-hybridized carbons (Fsp3) is 0.455. The van der Waals surface area contributed by atoms with Gasteiger partial charge in [0.1, 0.15) is 17.6 Å². The number of fused-ring (bicyclic) bond motifs is 3. The standard InChI is InChI=1S/C22H19F6N3O/c23-21(24,25)15-8-17(22(26,27)28)29-18(9-15)31-16-6-5-12(7-16)19(31)20(32)30-10-13-3-1-2-4-14(13)11-30/h1-4,8-9,12,16,19H,5-7,10-11H2/t12-,16+,19-/m0/s1. The van der Waals surface area contributed by atoms with Crippen LogP contribution in [0.2, 0.25) is 0 Å². The molecular weight excluding hydrogens is 436 g/mol. The summed E-state index contributed by atoms with van der Waals surface area (Å²) in [6.07, 6.45) is -8.13. The molecule has 1 aromatic heterocycles. The molecule has 0 spiro atoms. The first kappa shape index (κ1) is 21.1. The Labute approximate surface area is 179 Å². The summed E-state index contributed by atoms with van der Waals surface area (Å²) in [5.74, 6) is -0.836. The van der Waals surface area contributed by atoms with Gasteiger partial charge in [0.25, 0.3) is 0 Å². The Morgan fingerprint density at radius 1 is 0.938 bits per heavy atom. The highest BCUT2D eigenvalue weighted by atomic mass is 19.4. The number of benzene rings is 1. The first-order chi connectivity index (χ1) is 15.0. The lowest BCUT2D eigenvalue weighted by Gasteiger charge is -2.37. The van der Waals surface area contributed by atoms with Gasteiger partial charge in [-0.1, -0.05) is 24.3 Å². The molecule has 2 aliphatic heterocycles. The molecule has 1 saturated heterocycles. The van der Waals surface area contributed by atoms with Crippen LogP contribution in [-0.2, 0) is 30.2 Å². The quantitative estimate of drug-likeness (QED) is 0.597. The van der Waals surface area contributed by atoms with Gasteiger partial charge in [0.05, 0.1) is 5.56 Å². The summed E-state index contributed by atoms with van der Waals surface area (Å²) in [6, 6.07) is 7.07. The minimum Gasteiger partial charge on any atom is -0.341 e. The van der Waals surface area contributed by atoms with E-state index in [1.54, 1.807) is 4.90 Å². The Morgan fingerprint density at radius 2 is 1.59 bits per heavy atom. The van der Waals surface area contributed by atoms with Crippen molar-refractivity contribution in [1.82, 2.24) is 9.88 Å². The van der Waals surface area contributed by atoms with Crippen LogP contribution in [0.4, 0.5) is 32.2 Å². The van der Waals surface area contributed by atoms with Crippen molar-refractivity contribution in [2.75, 3.05) is 4.90 Å². The zero-order valence-corrected chi connectivity index (χ0v) is 16.7.